The number of aliphatic hydroxyl groups is 1. The molecule has 0 heterocycles. The van der Waals surface area contributed by atoms with Crippen LogP contribution in [0.4, 0.5) is 4.39 Å². The first-order valence-corrected chi connectivity index (χ1v) is 7.51. The second-order valence-electron chi connectivity index (χ2n) is 5.69. The van der Waals surface area contributed by atoms with Gasteiger partial charge in [-0.25, -0.2) is 4.39 Å². The van der Waals surface area contributed by atoms with Crippen LogP contribution in [0.15, 0.2) is 24.3 Å². The molecule has 3 nitrogen and oxygen atoms in total. The van der Waals surface area contributed by atoms with Gasteiger partial charge in [0.05, 0.1) is 6.10 Å². The monoisotopic (exact) mass is 280 g/mol. The Hall–Kier alpha value is -0.970. The number of aliphatic hydroxyl groups excluding tert-OH is 1. The Bertz CT molecular complexity index is 407. The molecular weight excluding hydrogens is 255 g/mol. The zero-order valence-electron chi connectivity index (χ0n) is 12.2. The third-order valence-corrected chi connectivity index (χ3v) is 4.16. The number of hydrogen-bond donors (Lipinski definition) is 2. The second-order valence-corrected chi connectivity index (χ2v) is 5.69. The summed E-state index contributed by atoms with van der Waals surface area (Å²) in [5, 5.41) is 13.2. The molecule has 1 fully saturated rings. The van der Waals surface area contributed by atoms with Crippen molar-refractivity contribution in [3.05, 3.63) is 35.6 Å². The highest BCUT2D eigenvalue weighted by Gasteiger charge is 2.18. The van der Waals surface area contributed by atoms with E-state index in [-0.39, 0.29) is 5.82 Å². The van der Waals surface area contributed by atoms with Crippen LogP contribution in [0.1, 0.15) is 37.4 Å². The van der Waals surface area contributed by atoms with Gasteiger partial charge in [0.2, 0.25) is 0 Å². The van der Waals surface area contributed by atoms with E-state index in [2.05, 4.69) is 17.3 Å². The predicted octanol–water partition coefficient (Wildman–Crippen LogP) is 2.32. The van der Waals surface area contributed by atoms with Gasteiger partial charge in [-0.15, -0.1) is 0 Å². The van der Waals surface area contributed by atoms with Crippen LogP contribution < -0.4 is 5.32 Å². The molecule has 0 amide bonds. The van der Waals surface area contributed by atoms with Gasteiger partial charge in [-0.3, -0.25) is 0 Å². The van der Waals surface area contributed by atoms with Crippen LogP contribution in [-0.2, 0) is 0 Å². The van der Waals surface area contributed by atoms with Crippen LogP contribution >= 0.6 is 0 Å². The smallest absolute Gasteiger partial charge is 0.123 e. The summed E-state index contributed by atoms with van der Waals surface area (Å²) in [6, 6.07) is 6.88. The number of nitrogens with one attached hydrogen (secondary N) is 1. The lowest BCUT2D eigenvalue weighted by Gasteiger charge is -2.24. The molecule has 112 valence electrons. The first kappa shape index (κ1) is 15.4. The van der Waals surface area contributed by atoms with Crippen molar-refractivity contribution < 1.29 is 9.50 Å². The predicted molar refractivity (Wildman–Crippen MR) is 79.1 cm³/mol. The summed E-state index contributed by atoms with van der Waals surface area (Å²) in [4.78, 5) is 2.40. The number of likely N-dealkylation sites (N-methyl/N-ethyl adjacent to an activating group) is 1. The molecular formula is C16H25FN2O. The van der Waals surface area contributed by atoms with Crippen molar-refractivity contribution >= 4 is 0 Å². The number of benzene rings is 1. The number of halogens is 1. The quantitative estimate of drug-likeness (QED) is 0.753. The van der Waals surface area contributed by atoms with Crippen LogP contribution in [0, 0.1) is 5.82 Å². The van der Waals surface area contributed by atoms with Gasteiger partial charge < -0.3 is 15.3 Å². The molecule has 0 aliphatic heterocycles. The third kappa shape index (κ3) is 4.54. The maximum Gasteiger partial charge on any atom is 0.123 e. The highest BCUT2D eigenvalue weighted by molar-refractivity contribution is 5.18. The standard InChI is InChI=1S/C16H25FN2O/c1-19(15-7-2-3-8-15)10-9-18-12-16(20)13-5-4-6-14(17)11-13/h4-6,11,15-16,18,20H,2-3,7-10,12H2,1H3. The minimum absolute atomic E-state index is 0.303. The van der Waals surface area contributed by atoms with Gasteiger partial charge in [0, 0.05) is 25.7 Å². The van der Waals surface area contributed by atoms with Crippen molar-refractivity contribution in [3.8, 4) is 0 Å². The fourth-order valence-corrected chi connectivity index (χ4v) is 2.85. The average Bonchev–Trinajstić information content (AvgIpc) is 2.97. The molecule has 20 heavy (non-hydrogen) atoms. The molecule has 1 saturated carbocycles. The molecule has 1 aliphatic carbocycles. The van der Waals surface area contributed by atoms with Gasteiger partial charge in [0.25, 0.3) is 0 Å². The molecule has 1 atom stereocenters. The molecule has 0 saturated heterocycles. The molecule has 1 aromatic rings. The summed E-state index contributed by atoms with van der Waals surface area (Å²) in [5.41, 5.74) is 0.627. The Kier molecular flexibility index (Phi) is 5.95. The minimum atomic E-state index is -0.650. The molecule has 1 aliphatic rings. The molecule has 1 unspecified atom stereocenters. The zero-order valence-corrected chi connectivity index (χ0v) is 12.2. The molecule has 0 radical (unpaired) electrons. The maximum atomic E-state index is 13.1. The fraction of sp³-hybridized carbons (Fsp3) is 0.625. The topological polar surface area (TPSA) is 35.5 Å². The summed E-state index contributed by atoms with van der Waals surface area (Å²) in [7, 11) is 2.17. The first-order valence-electron chi connectivity index (χ1n) is 7.51. The average molecular weight is 280 g/mol. The molecule has 2 N–H and O–H groups in total. The van der Waals surface area contributed by atoms with Gasteiger partial charge in [-0.2, -0.15) is 0 Å². The van der Waals surface area contributed by atoms with Crippen LogP contribution in [0.5, 0.6) is 0 Å². The van der Waals surface area contributed by atoms with E-state index in [0.717, 1.165) is 19.1 Å². The number of nitrogens with zero attached hydrogens (tertiary/aromatic N) is 1. The highest BCUT2D eigenvalue weighted by atomic mass is 19.1. The first-order chi connectivity index (χ1) is 9.66. The lowest BCUT2D eigenvalue weighted by Crippen LogP contribution is -2.36. The van der Waals surface area contributed by atoms with E-state index in [1.807, 2.05) is 0 Å². The van der Waals surface area contributed by atoms with Gasteiger partial charge in [0.1, 0.15) is 5.82 Å². The Morgan fingerprint density at radius 3 is 2.85 bits per heavy atom. The van der Waals surface area contributed by atoms with Crippen molar-refractivity contribution in [2.45, 2.75) is 37.8 Å². The lowest BCUT2D eigenvalue weighted by molar-refractivity contribution is 0.170. The van der Waals surface area contributed by atoms with Crippen LogP contribution in [0.25, 0.3) is 0 Å². The van der Waals surface area contributed by atoms with E-state index in [9.17, 15) is 9.50 Å². The number of hydrogen-bond acceptors (Lipinski definition) is 3. The third-order valence-electron chi connectivity index (χ3n) is 4.16. The summed E-state index contributed by atoms with van der Waals surface area (Å²) in [6.07, 6.45) is 4.66. The molecule has 4 heteroatoms. The molecule has 2 rings (SSSR count). The fourth-order valence-electron chi connectivity index (χ4n) is 2.85. The van der Waals surface area contributed by atoms with Crippen LogP contribution in [0.2, 0.25) is 0 Å². The normalized spacial score (nSPS) is 17.8. The van der Waals surface area contributed by atoms with Crippen molar-refractivity contribution in [2.24, 2.45) is 0 Å². The van der Waals surface area contributed by atoms with Crippen molar-refractivity contribution in [1.82, 2.24) is 10.2 Å². The Balaban J connectivity index is 1.65. The van der Waals surface area contributed by atoms with Crippen LogP contribution in [-0.4, -0.2) is 42.7 Å². The summed E-state index contributed by atoms with van der Waals surface area (Å²) in [5.74, 6) is -0.303. The van der Waals surface area contributed by atoms with Crippen molar-refractivity contribution in [3.63, 3.8) is 0 Å². The summed E-state index contributed by atoms with van der Waals surface area (Å²) >= 11 is 0. The van der Waals surface area contributed by atoms with E-state index in [1.165, 1.54) is 37.8 Å². The zero-order chi connectivity index (χ0) is 14.4. The van der Waals surface area contributed by atoms with E-state index < -0.39 is 6.10 Å². The molecule has 0 aromatic heterocycles. The summed E-state index contributed by atoms with van der Waals surface area (Å²) < 4.78 is 13.1. The lowest BCUT2D eigenvalue weighted by atomic mass is 10.1. The van der Waals surface area contributed by atoms with Crippen molar-refractivity contribution in [2.75, 3.05) is 26.7 Å². The van der Waals surface area contributed by atoms with Gasteiger partial charge in [0.15, 0.2) is 0 Å². The minimum Gasteiger partial charge on any atom is -0.387 e. The molecule has 1 aromatic carbocycles. The van der Waals surface area contributed by atoms with Gasteiger partial charge in [-0.05, 0) is 37.6 Å². The van der Waals surface area contributed by atoms with E-state index in [4.69, 9.17) is 0 Å². The number of rotatable bonds is 7. The van der Waals surface area contributed by atoms with Gasteiger partial charge >= 0.3 is 0 Å². The maximum absolute atomic E-state index is 13.1. The van der Waals surface area contributed by atoms with Gasteiger partial charge in [-0.1, -0.05) is 25.0 Å². The Labute approximate surface area is 120 Å². The SMILES string of the molecule is CN(CCNCC(O)c1cccc(F)c1)C1CCCC1. The summed E-state index contributed by atoms with van der Waals surface area (Å²) in [6.45, 7) is 2.29. The van der Waals surface area contributed by atoms with E-state index >= 15 is 0 Å². The van der Waals surface area contributed by atoms with Crippen LogP contribution in [0.3, 0.4) is 0 Å². The Morgan fingerprint density at radius 2 is 2.15 bits per heavy atom. The second kappa shape index (κ2) is 7.72. The van der Waals surface area contributed by atoms with E-state index in [0.29, 0.717) is 12.1 Å². The Morgan fingerprint density at radius 1 is 1.40 bits per heavy atom. The highest BCUT2D eigenvalue weighted by Crippen LogP contribution is 2.21. The molecule has 0 bridgehead atoms. The molecule has 0 spiro atoms. The van der Waals surface area contributed by atoms with E-state index in [1.54, 1.807) is 12.1 Å². The largest absolute Gasteiger partial charge is 0.387 e. The van der Waals surface area contributed by atoms with Crippen molar-refractivity contribution in [1.29, 1.82) is 0 Å².